The van der Waals surface area contributed by atoms with Gasteiger partial charge in [0.15, 0.2) is 5.96 Å². The van der Waals surface area contributed by atoms with E-state index in [0.717, 1.165) is 32.0 Å². The number of nitrogens with one attached hydrogen (secondary N) is 1. The third kappa shape index (κ3) is 5.09. The number of rotatable bonds is 4. The fourth-order valence-corrected chi connectivity index (χ4v) is 1.73. The molecule has 110 valence electrons. The van der Waals surface area contributed by atoms with Crippen molar-refractivity contribution in [3.05, 3.63) is 0 Å². The largest absolute Gasteiger partial charge is 0.460 e. The molecule has 0 fully saturated rings. The van der Waals surface area contributed by atoms with Crippen LogP contribution in [0, 0.1) is 5.41 Å². The zero-order valence-electron chi connectivity index (χ0n) is 13.0. The van der Waals surface area contributed by atoms with E-state index in [-0.39, 0.29) is 5.97 Å². The Morgan fingerprint density at radius 3 is 2.47 bits per heavy atom. The van der Waals surface area contributed by atoms with Crippen LogP contribution in [-0.2, 0) is 9.53 Å². The van der Waals surface area contributed by atoms with Crippen molar-refractivity contribution in [2.45, 2.75) is 46.6 Å². The second-order valence-corrected chi connectivity index (χ2v) is 6.69. The van der Waals surface area contributed by atoms with E-state index in [4.69, 9.17) is 4.74 Å². The molecule has 0 aromatic rings. The second kappa shape index (κ2) is 5.80. The van der Waals surface area contributed by atoms with E-state index in [1.165, 1.54) is 0 Å². The van der Waals surface area contributed by atoms with Crippen LogP contribution in [0.5, 0.6) is 0 Å². The maximum absolute atomic E-state index is 12.1. The summed E-state index contributed by atoms with van der Waals surface area (Å²) < 4.78 is 5.44. The van der Waals surface area contributed by atoms with Gasteiger partial charge in [-0.2, -0.15) is 0 Å². The van der Waals surface area contributed by atoms with Gasteiger partial charge in [0.2, 0.25) is 0 Å². The van der Waals surface area contributed by atoms with Gasteiger partial charge < -0.3 is 15.0 Å². The van der Waals surface area contributed by atoms with Gasteiger partial charge >= 0.3 is 5.97 Å². The van der Waals surface area contributed by atoms with Crippen LogP contribution in [0.4, 0.5) is 0 Å². The smallest absolute Gasteiger partial charge is 0.312 e. The Balaban J connectivity index is 2.40. The normalized spacial score (nSPS) is 16.3. The van der Waals surface area contributed by atoms with Gasteiger partial charge in [0.25, 0.3) is 0 Å². The van der Waals surface area contributed by atoms with Gasteiger partial charge in [-0.15, -0.1) is 0 Å². The standard InChI is InChI=1S/C14H27N3O2/c1-13(2,3)19-11(18)14(4,5)7-8-15-12-16-9-10-17(12)6/h7-10H2,1-6H3,(H,15,16). The molecule has 1 heterocycles. The molecule has 0 atom stereocenters. The van der Waals surface area contributed by atoms with E-state index in [1.807, 2.05) is 41.7 Å². The Hall–Kier alpha value is -1.26. The number of carbonyl (C=O) groups is 1. The van der Waals surface area contributed by atoms with E-state index in [2.05, 4.69) is 15.2 Å². The lowest BCUT2D eigenvalue weighted by molar-refractivity contribution is -0.165. The molecule has 5 heteroatoms. The van der Waals surface area contributed by atoms with E-state index in [1.54, 1.807) is 0 Å². The fourth-order valence-electron chi connectivity index (χ4n) is 1.73. The fraction of sp³-hybridized carbons (Fsp3) is 0.857. The quantitative estimate of drug-likeness (QED) is 0.788. The molecule has 0 saturated heterocycles. The lowest BCUT2D eigenvalue weighted by atomic mass is 9.89. The predicted octanol–water partition coefficient (Wildman–Crippen LogP) is 1.64. The van der Waals surface area contributed by atoms with Crippen molar-refractivity contribution >= 4 is 11.9 Å². The summed E-state index contributed by atoms with van der Waals surface area (Å²) in [5.41, 5.74) is -0.921. The van der Waals surface area contributed by atoms with Gasteiger partial charge in [0, 0.05) is 20.1 Å². The van der Waals surface area contributed by atoms with Gasteiger partial charge in [0.1, 0.15) is 5.60 Å². The SMILES string of the molecule is CN1CCN=C1NCCC(C)(C)C(=O)OC(C)(C)C. The highest BCUT2D eigenvalue weighted by Crippen LogP contribution is 2.24. The Labute approximate surface area is 116 Å². The number of likely N-dealkylation sites (N-methyl/N-ethyl adjacent to an activating group) is 1. The van der Waals surface area contributed by atoms with Crippen LogP contribution < -0.4 is 5.32 Å². The molecule has 1 rings (SSSR count). The predicted molar refractivity (Wildman–Crippen MR) is 77.2 cm³/mol. The van der Waals surface area contributed by atoms with Crippen LogP contribution >= 0.6 is 0 Å². The number of carbonyl (C=O) groups excluding carboxylic acids is 1. The van der Waals surface area contributed by atoms with Crippen LogP contribution in [0.3, 0.4) is 0 Å². The Morgan fingerprint density at radius 2 is 2.00 bits per heavy atom. The van der Waals surface area contributed by atoms with E-state index in [0.29, 0.717) is 0 Å². The third-order valence-electron chi connectivity index (χ3n) is 3.04. The molecule has 0 bridgehead atoms. The Bertz CT molecular complexity index is 356. The molecule has 0 aliphatic carbocycles. The molecule has 19 heavy (non-hydrogen) atoms. The van der Waals surface area contributed by atoms with Crippen LogP contribution in [0.2, 0.25) is 0 Å². The van der Waals surface area contributed by atoms with Gasteiger partial charge in [-0.05, 0) is 41.0 Å². The molecule has 1 aliphatic heterocycles. The van der Waals surface area contributed by atoms with Crippen molar-refractivity contribution in [1.82, 2.24) is 10.2 Å². The molecule has 0 saturated carbocycles. The lowest BCUT2D eigenvalue weighted by Crippen LogP contribution is -2.40. The van der Waals surface area contributed by atoms with Crippen LogP contribution in [0.15, 0.2) is 4.99 Å². The number of hydrogen-bond acceptors (Lipinski definition) is 5. The summed E-state index contributed by atoms with van der Waals surface area (Å²) in [6.45, 7) is 12.0. The minimum Gasteiger partial charge on any atom is -0.460 e. The monoisotopic (exact) mass is 269 g/mol. The van der Waals surface area contributed by atoms with Crippen molar-refractivity contribution in [3.8, 4) is 0 Å². The first-order valence-electron chi connectivity index (χ1n) is 6.85. The lowest BCUT2D eigenvalue weighted by Gasteiger charge is -2.28. The van der Waals surface area contributed by atoms with Crippen molar-refractivity contribution in [2.75, 3.05) is 26.7 Å². The number of hydrogen-bond donors (Lipinski definition) is 1. The Morgan fingerprint density at radius 1 is 1.37 bits per heavy atom. The summed E-state index contributed by atoms with van der Waals surface area (Å²) >= 11 is 0. The first kappa shape index (κ1) is 15.8. The molecule has 0 amide bonds. The highest BCUT2D eigenvalue weighted by atomic mass is 16.6. The second-order valence-electron chi connectivity index (χ2n) is 6.69. The maximum Gasteiger partial charge on any atom is 0.312 e. The van der Waals surface area contributed by atoms with Gasteiger partial charge in [-0.3, -0.25) is 9.79 Å². The Kier molecular flexibility index (Phi) is 4.82. The maximum atomic E-state index is 12.1. The number of ether oxygens (including phenoxy) is 1. The average Bonchev–Trinajstić information content (AvgIpc) is 2.61. The number of guanidine groups is 1. The molecule has 0 radical (unpaired) electrons. The zero-order valence-corrected chi connectivity index (χ0v) is 13.0. The molecule has 1 aliphatic rings. The summed E-state index contributed by atoms with van der Waals surface area (Å²) in [5, 5.41) is 3.27. The van der Waals surface area contributed by atoms with Crippen molar-refractivity contribution in [1.29, 1.82) is 0 Å². The molecule has 0 spiro atoms. The highest BCUT2D eigenvalue weighted by molar-refractivity contribution is 5.81. The molecular formula is C14H27N3O2. The van der Waals surface area contributed by atoms with Crippen LogP contribution in [-0.4, -0.2) is 49.1 Å². The van der Waals surface area contributed by atoms with Gasteiger partial charge in [-0.1, -0.05) is 0 Å². The molecular weight excluding hydrogens is 242 g/mol. The summed E-state index contributed by atoms with van der Waals surface area (Å²) in [6.07, 6.45) is 0.717. The first-order valence-corrected chi connectivity index (χ1v) is 6.85. The van der Waals surface area contributed by atoms with Crippen molar-refractivity contribution < 1.29 is 9.53 Å². The average molecular weight is 269 g/mol. The number of nitrogens with zero attached hydrogens (tertiary/aromatic N) is 2. The summed E-state index contributed by atoms with van der Waals surface area (Å²) in [4.78, 5) is 18.5. The number of esters is 1. The highest BCUT2D eigenvalue weighted by Gasteiger charge is 2.32. The molecule has 0 aromatic carbocycles. The molecule has 0 aromatic heterocycles. The van der Waals surface area contributed by atoms with Crippen molar-refractivity contribution in [2.24, 2.45) is 10.4 Å². The summed E-state index contributed by atoms with van der Waals surface area (Å²) in [5.74, 6) is 0.767. The zero-order chi connectivity index (χ0) is 14.7. The minimum absolute atomic E-state index is 0.150. The summed E-state index contributed by atoms with van der Waals surface area (Å²) in [7, 11) is 2.01. The topological polar surface area (TPSA) is 53.9 Å². The van der Waals surface area contributed by atoms with E-state index >= 15 is 0 Å². The number of aliphatic imine (C=N–C) groups is 1. The van der Waals surface area contributed by atoms with Crippen LogP contribution in [0.25, 0.3) is 0 Å². The van der Waals surface area contributed by atoms with Crippen molar-refractivity contribution in [3.63, 3.8) is 0 Å². The van der Waals surface area contributed by atoms with E-state index < -0.39 is 11.0 Å². The molecule has 0 unspecified atom stereocenters. The minimum atomic E-state index is -0.488. The molecule has 5 nitrogen and oxygen atoms in total. The van der Waals surface area contributed by atoms with Gasteiger partial charge in [0.05, 0.1) is 12.0 Å². The van der Waals surface area contributed by atoms with E-state index in [9.17, 15) is 4.79 Å². The third-order valence-corrected chi connectivity index (χ3v) is 3.04. The van der Waals surface area contributed by atoms with Gasteiger partial charge in [-0.25, -0.2) is 0 Å². The summed E-state index contributed by atoms with van der Waals surface area (Å²) in [6, 6.07) is 0. The van der Waals surface area contributed by atoms with Crippen LogP contribution in [0.1, 0.15) is 41.0 Å². The molecule has 1 N–H and O–H groups in total. The first-order chi connectivity index (χ1) is 8.62.